The first-order valence-electron chi connectivity index (χ1n) is 14.5. The lowest BCUT2D eigenvalue weighted by Crippen LogP contribution is -2.58. The van der Waals surface area contributed by atoms with Crippen molar-refractivity contribution in [3.8, 4) is 0 Å². The summed E-state index contributed by atoms with van der Waals surface area (Å²) in [7, 11) is 0. The molecule has 0 aliphatic heterocycles. The fraction of sp³-hybridized carbons (Fsp3) is 0.812. The van der Waals surface area contributed by atoms with E-state index >= 15 is 0 Å². The quantitative estimate of drug-likeness (QED) is 0.229. The lowest BCUT2D eigenvalue weighted by Gasteiger charge is -2.64. The van der Waals surface area contributed by atoms with E-state index in [0.29, 0.717) is 34.7 Å². The van der Waals surface area contributed by atoms with Gasteiger partial charge in [0, 0.05) is 17.9 Å². The van der Waals surface area contributed by atoms with Crippen LogP contribution in [0.15, 0.2) is 23.3 Å². The van der Waals surface area contributed by atoms with Gasteiger partial charge < -0.3 is 9.84 Å². The van der Waals surface area contributed by atoms with Gasteiger partial charge in [0.15, 0.2) is 0 Å². The average Bonchev–Trinajstić information content (AvgIpc) is 3.07. The predicted molar refractivity (Wildman–Crippen MR) is 144 cm³/mol. The van der Waals surface area contributed by atoms with E-state index in [9.17, 15) is 14.7 Å². The largest absolute Gasteiger partial charge is 0.478 e. The van der Waals surface area contributed by atoms with Gasteiger partial charge in [-0.05, 0) is 105 Å². The fourth-order valence-electron chi connectivity index (χ4n) is 9.90. The van der Waals surface area contributed by atoms with Crippen molar-refractivity contribution in [2.24, 2.45) is 45.3 Å². The highest BCUT2D eigenvalue weighted by molar-refractivity contribution is 5.85. The Morgan fingerprint density at radius 3 is 2.42 bits per heavy atom. The number of carboxylic acid groups (broad SMARTS) is 1. The van der Waals surface area contributed by atoms with Crippen molar-refractivity contribution >= 4 is 11.9 Å². The van der Waals surface area contributed by atoms with Crippen molar-refractivity contribution in [2.45, 2.75) is 119 Å². The molecule has 0 radical (unpaired) electrons. The van der Waals surface area contributed by atoms with Gasteiger partial charge >= 0.3 is 11.9 Å². The van der Waals surface area contributed by atoms with E-state index in [1.807, 2.05) is 6.08 Å². The number of allylic oxidation sites excluding steroid dienone is 3. The smallest absolute Gasteiger partial charge is 0.330 e. The molecular weight excluding hydrogens is 448 g/mol. The van der Waals surface area contributed by atoms with Gasteiger partial charge in [-0.1, -0.05) is 59.3 Å². The Labute approximate surface area is 219 Å². The molecule has 202 valence electrons. The van der Waals surface area contributed by atoms with Gasteiger partial charge in [-0.25, -0.2) is 4.79 Å². The molecule has 0 aromatic carbocycles. The minimum Gasteiger partial charge on any atom is -0.478 e. The molecule has 0 amide bonds. The number of ether oxygens (including phenoxy) is 1. The van der Waals surface area contributed by atoms with Gasteiger partial charge in [0.2, 0.25) is 0 Å². The van der Waals surface area contributed by atoms with E-state index in [4.69, 9.17) is 4.74 Å². The summed E-state index contributed by atoms with van der Waals surface area (Å²) in [6, 6.07) is 0. The molecule has 4 aliphatic rings. The summed E-state index contributed by atoms with van der Waals surface area (Å²) in [5, 5.41) is 9.19. The zero-order valence-corrected chi connectivity index (χ0v) is 24.1. The molecule has 8 atom stereocenters. The van der Waals surface area contributed by atoms with E-state index in [0.717, 1.165) is 32.1 Å². The Kier molecular flexibility index (Phi) is 7.10. The van der Waals surface area contributed by atoms with Crippen LogP contribution < -0.4 is 0 Å². The SMILES string of the molecule is CC(=O)O[C@@H]1CC[C@]2(C)C3CC[C@@]4(C)[C@H](C(C)CC/C=C(/C)C(=O)O)CC[C@]4(C)C3=CCC2C1(C)C. The maximum Gasteiger partial charge on any atom is 0.330 e. The molecular formula is C32H50O4. The van der Waals surface area contributed by atoms with Crippen molar-refractivity contribution in [2.75, 3.05) is 0 Å². The van der Waals surface area contributed by atoms with Crippen LogP contribution in [-0.4, -0.2) is 23.1 Å². The molecule has 0 aromatic heterocycles. The first kappa shape index (κ1) is 27.5. The zero-order chi connectivity index (χ0) is 26.7. The fourth-order valence-corrected chi connectivity index (χ4v) is 9.90. The van der Waals surface area contributed by atoms with Gasteiger partial charge in [0.05, 0.1) is 0 Å². The summed E-state index contributed by atoms with van der Waals surface area (Å²) >= 11 is 0. The van der Waals surface area contributed by atoms with Crippen LogP contribution in [-0.2, 0) is 14.3 Å². The van der Waals surface area contributed by atoms with Crippen molar-refractivity contribution < 1.29 is 19.4 Å². The molecule has 0 spiro atoms. The summed E-state index contributed by atoms with van der Waals surface area (Å²) in [6.45, 7) is 18.0. The molecule has 3 saturated carbocycles. The molecule has 0 saturated heterocycles. The van der Waals surface area contributed by atoms with Crippen LogP contribution in [0, 0.1) is 45.3 Å². The van der Waals surface area contributed by atoms with E-state index in [-0.39, 0.29) is 28.3 Å². The molecule has 3 fully saturated rings. The lowest BCUT2D eigenvalue weighted by molar-refractivity contribution is -0.174. The summed E-state index contributed by atoms with van der Waals surface area (Å²) in [6.07, 6.45) is 14.8. The van der Waals surface area contributed by atoms with E-state index in [1.165, 1.54) is 25.7 Å². The highest BCUT2D eigenvalue weighted by Gasteiger charge is 2.65. The highest BCUT2D eigenvalue weighted by atomic mass is 16.5. The molecule has 4 heteroatoms. The summed E-state index contributed by atoms with van der Waals surface area (Å²) in [5.74, 6) is 1.49. The second kappa shape index (κ2) is 9.31. The first-order valence-corrected chi connectivity index (χ1v) is 14.5. The van der Waals surface area contributed by atoms with Gasteiger partial charge in [0.1, 0.15) is 6.10 Å². The first-order chi connectivity index (χ1) is 16.7. The Balaban J connectivity index is 1.57. The Morgan fingerprint density at radius 1 is 1.08 bits per heavy atom. The second-order valence-electron chi connectivity index (χ2n) is 14.1. The number of hydrogen-bond acceptors (Lipinski definition) is 3. The highest BCUT2D eigenvalue weighted by Crippen LogP contribution is 2.73. The van der Waals surface area contributed by atoms with Crippen LogP contribution in [0.3, 0.4) is 0 Å². The Morgan fingerprint density at radius 2 is 1.78 bits per heavy atom. The minimum absolute atomic E-state index is 0.0167. The molecule has 3 unspecified atom stereocenters. The Bertz CT molecular complexity index is 959. The van der Waals surface area contributed by atoms with Gasteiger partial charge in [-0.3, -0.25) is 4.79 Å². The third kappa shape index (κ3) is 4.09. The lowest BCUT2D eigenvalue weighted by atomic mass is 9.41. The minimum atomic E-state index is -0.803. The average molecular weight is 499 g/mol. The van der Waals surface area contributed by atoms with Crippen LogP contribution in [0.2, 0.25) is 0 Å². The molecule has 0 bridgehead atoms. The van der Waals surface area contributed by atoms with Crippen LogP contribution in [0.1, 0.15) is 113 Å². The molecule has 4 nitrogen and oxygen atoms in total. The second-order valence-corrected chi connectivity index (χ2v) is 14.1. The normalized spacial score (nSPS) is 42.4. The molecule has 4 aliphatic carbocycles. The predicted octanol–water partition coefficient (Wildman–Crippen LogP) is 7.97. The van der Waals surface area contributed by atoms with Crippen LogP contribution >= 0.6 is 0 Å². The monoisotopic (exact) mass is 498 g/mol. The number of carbonyl (C=O) groups excluding carboxylic acids is 1. The van der Waals surface area contributed by atoms with Crippen LogP contribution in [0.5, 0.6) is 0 Å². The third-order valence-corrected chi connectivity index (χ3v) is 12.2. The van der Waals surface area contributed by atoms with Gasteiger partial charge in [0.25, 0.3) is 0 Å². The maximum absolute atomic E-state index is 11.8. The summed E-state index contributed by atoms with van der Waals surface area (Å²) in [4.78, 5) is 23.0. The van der Waals surface area contributed by atoms with Crippen LogP contribution in [0.25, 0.3) is 0 Å². The van der Waals surface area contributed by atoms with Crippen LogP contribution in [0.4, 0.5) is 0 Å². The summed E-state index contributed by atoms with van der Waals surface area (Å²) < 4.78 is 5.85. The van der Waals surface area contributed by atoms with Gasteiger partial charge in [-0.15, -0.1) is 0 Å². The number of carbonyl (C=O) groups is 2. The number of rotatable bonds is 6. The Hall–Kier alpha value is -1.58. The van der Waals surface area contributed by atoms with Crippen molar-refractivity contribution in [1.29, 1.82) is 0 Å². The van der Waals surface area contributed by atoms with E-state index in [1.54, 1.807) is 19.4 Å². The topological polar surface area (TPSA) is 63.6 Å². The van der Waals surface area contributed by atoms with Crippen molar-refractivity contribution in [3.63, 3.8) is 0 Å². The van der Waals surface area contributed by atoms with Gasteiger partial charge in [-0.2, -0.15) is 0 Å². The number of esters is 1. The standard InChI is InChI=1S/C32H50O4/c1-20(10-9-11-21(2)28(34)35)23-14-18-32(8)25-12-13-26-29(4,5)27(36-22(3)33)16-17-30(26,6)24(25)15-19-31(23,32)7/h11-12,20,23-24,26-27H,9-10,13-19H2,1-8H3,(H,34,35)/b21-11-/t20?,23-,24?,26?,27+,30+,31-,32+/m0/s1. The zero-order valence-electron chi connectivity index (χ0n) is 24.1. The third-order valence-electron chi connectivity index (χ3n) is 12.2. The molecule has 0 aromatic rings. The van der Waals surface area contributed by atoms with E-state index < -0.39 is 5.97 Å². The molecule has 36 heavy (non-hydrogen) atoms. The molecule has 4 rings (SSSR count). The summed E-state index contributed by atoms with van der Waals surface area (Å²) in [5.41, 5.74) is 2.99. The van der Waals surface area contributed by atoms with E-state index in [2.05, 4.69) is 47.6 Å². The number of carboxylic acids is 1. The number of hydrogen-bond donors (Lipinski definition) is 1. The number of aliphatic carboxylic acids is 1. The maximum atomic E-state index is 11.8. The number of fused-ring (bicyclic) bond motifs is 5. The molecule has 0 heterocycles. The van der Waals surface area contributed by atoms with Crippen molar-refractivity contribution in [3.05, 3.63) is 23.3 Å². The molecule has 1 N–H and O–H groups in total. The van der Waals surface area contributed by atoms with Crippen molar-refractivity contribution in [1.82, 2.24) is 0 Å².